The van der Waals surface area contributed by atoms with Crippen LogP contribution in [0.3, 0.4) is 0 Å². The molecule has 2 amide bonds. The summed E-state index contributed by atoms with van der Waals surface area (Å²) in [6.07, 6.45) is 4.78. The van der Waals surface area contributed by atoms with Crippen molar-refractivity contribution in [1.82, 2.24) is 29.7 Å². The molecule has 14 heteroatoms. The molecule has 1 atom stereocenters. The minimum atomic E-state index is -3.45. The summed E-state index contributed by atoms with van der Waals surface area (Å²) in [7, 11) is -3.45. The van der Waals surface area contributed by atoms with E-state index in [0.717, 1.165) is 12.3 Å². The molecule has 1 aromatic carbocycles. The molecule has 0 N–H and O–H groups in total. The number of nitriles is 1. The summed E-state index contributed by atoms with van der Waals surface area (Å²) in [5.74, 6) is 0.344. The number of anilines is 1. The van der Waals surface area contributed by atoms with Gasteiger partial charge in [-0.2, -0.15) is 20.4 Å². The highest BCUT2D eigenvalue weighted by Gasteiger charge is 2.34. The van der Waals surface area contributed by atoms with Crippen LogP contribution < -0.4 is 4.90 Å². The smallest absolute Gasteiger partial charge is 0.337 e. The van der Waals surface area contributed by atoms with Crippen molar-refractivity contribution in [1.29, 1.82) is 5.26 Å². The topological polar surface area (TPSA) is 141 Å². The number of halogens is 1. The highest BCUT2D eigenvalue weighted by atomic mass is 32.2. The third-order valence-corrected chi connectivity index (χ3v) is 8.07. The van der Waals surface area contributed by atoms with Crippen LogP contribution in [0.4, 0.5) is 15.1 Å². The fraction of sp³-hybridized carbons (Fsp3) is 0.360. The minimum absolute atomic E-state index is 0.180. The number of sulfone groups is 1. The maximum absolute atomic E-state index is 14.0. The fourth-order valence-corrected chi connectivity index (χ4v) is 6.19. The largest absolute Gasteiger partial charge is 0.341 e. The normalized spacial score (nSPS) is 17.5. The molecule has 2 aromatic heterocycles. The van der Waals surface area contributed by atoms with E-state index in [-0.39, 0.29) is 16.5 Å². The number of carbonyl (C=O) groups is 1. The molecule has 5 rings (SSSR count). The van der Waals surface area contributed by atoms with Crippen molar-refractivity contribution in [2.45, 2.75) is 31.2 Å². The Morgan fingerprint density at radius 2 is 1.90 bits per heavy atom. The Bertz CT molecular complexity index is 1620. The lowest BCUT2D eigenvalue weighted by molar-refractivity contribution is 0.139. The Hall–Kier alpha value is -4.38. The first-order valence-corrected chi connectivity index (χ1v) is 14.1. The van der Waals surface area contributed by atoms with E-state index in [1.165, 1.54) is 15.8 Å². The van der Waals surface area contributed by atoms with E-state index in [4.69, 9.17) is 0 Å². The summed E-state index contributed by atoms with van der Waals surface area (Å²) < 4.78 is 39.9. The zero-order chi connectivity index (χ0) is 27.9. The average molecular weight is 552 g/mol. The van der Waals surface area contributed by atoms with Crippen LogP contribution in [0.2, 0.25) is 0 Å². The van der Waals surface area contributed by atoms with Gasteiger partial charge in [-0.05, 0) is 37.6 Å². The molecule has 12 nitrogen and oxygen atoms in total. The second kappa shape index (κ2) is 10.1. The number of rotatable bonds is 4. The zero-order valence-corrected chi connectivity index (χ0v) is 22.4. The monoisotopic (exact) mass is 551 g/mol. The predicted molar refractivity (Wildman–Crippen MR) is 140 cm³/mol. The summed E-state index contributed by atoms with van der Waals surface area (Å²) in [5.41, 5.74) is 1.57. The van der Waals surface area contributed by atoms with Crippen molar-refractivity contribution in [3.05, 3.63) is 58.8 Å². The summed E-state index contributed by atoms with van der Waals surface area (Å²) in [6.45, 7) is 5.01. The Labute approximate surface area is 224 Å². The maximum Gasteiger partial charge on any atom is 0.341 e. The number of aryl methyl sites for hydroxylation is 1. The molecule has 1 saturated heterocycles. The van der Waals surface area contributed by atoms with Gasteiger partial charge in [-0.15, -0.1) is 0 Å². The molecule has 2 aliphatic heterocycles. The van der Waals surface area contributed by atoms with Gasteiger partial charge in [0.2, 0.25) is 5.95 Å². The predicted octanol–water partition coefficient (Wildman–Crippen LogP) is 2.37. The Kier molecular flexibility index (Phi) is 6.77. The lowest BCUT2D eigenvalue weighted by atomic mass is 10.0. The number of amides is 2. The number of benzene rings is 1. The van der Waals surface area contributed by atoms with Gasteiger partial charge in [0.1, 0.15) is 10.7 Å². The van der Waals surface area contributed by atoms with E-state index >= 15 is 0 Å². The van der Waals surface area contributed by atoms with Crippen molar-refractivity contribution < 1.29 is 17.6 Å². The number of urea groups is 1. The van der Waals surface area contributed by atoms with Crippen LogP contribution in [0.25, 0.3) is 5.82 Å². The molecular weight excluding hydrogens is 525 g/mol. The number of hydrogen-bond acceptors (Lipinski definition) is 9. The van der Waals surface area contributed by atoms with E-state index in [9.17, 15) is 22.9 Å². The number of carbonyl (C=O) groups excluding carboxylic acids is 1. The molecule has 0 aliphatic carbocycles. The third kappa shape index (κ3) is 5.05. The number of nitrogens with zero attached hydrogens (tertiary/aromatic N) is 9. The molecule has 0 saturated carbocycles. The van der Waals surface area contributed by atoms with Crippen LogP contribution in [0.15, 0.2) is 40.5 Å². The van der Waals surface area contributed by atoms with Crippen LogP contribution in [-0.4, -0.2) is 82.8 Å². The molecule has 39 heavy (non-hydrogen) atoms. The van der Waals surface area contributed by atoms with Crippen LogP contribution >= 0.6 is 0 Å². The van der Waals surface area contributed by atoms with E-state index in [2.05, 4.69) is 20.2 Å². The molecule has 2 aliphatic rings. The van der Waals surface area contributed by atoms with E-state index < -0.39 is 21.7 Å². The molecule has 202 valence electrons. The average Bonchev–Trinajstić information content (AvgIpc) is 3.52. The van der Waals surface area contributed by atoms with Crippen LogP contribution in [0.5, 0.6) is 0 Å². The van der Waals surface area contributed by atoms with Crippen molar-refractivity contribution in [2.24, 2.45) is 5.10 Å². The number of hydrogen-bond donors (Lipinski definition) is 0. The first-order chi connectivity index (χ1) is 18.6. The van der Waals surface area contributed by atoms with Crippen molar-refractivity contribution in [3.63, 3.8) is 0 Å². The second-order valence-electron chi connectivity index (χ2n) is 9.43. The lowest BCUT2D eigenvalue weighted by Crippen LogP contribution is -2.52. The zero-order valence-electron chi connectivity index (χ0n) is 21.6. The molecule has 1 fully saturated rings. The van der Waals surface area contributed by atoms with E-state index in [0.29, 0.717) is 61.3 Å². The van der Waals surface area contributed by atoms with Gasteiger partial charge in [-0.3, -0.25) is 0 Å². The van der Waals surface area contributed by atoms with Gasteiger partial charge >= 0.3 is 6.03 Å². The number of hydrazone groups is 1. The Morgan fingerprint density at radius 3 is 2.56 bits per heavy atom. The lowest BCUT2D eigenvalue weighted by Gasteiger charge is -2.37. The van der Waals surface area contributed by atoms with E-state index in [1.807, 2.05) is 11.0 Å². The highest BCUT2D eigenvalue weighted by molar-refractivity contribution is 7.90. The van der Waals surface area contributed by atoms with E-state index in [1.54, 1.807) is 43.3 Å². The molecule has 1 unspecified atom stereocenters. The SMILES string of the molecule is Cc1nn(-c2ccnc(N3CCN(C(=O)N4N=CCC4c4cc(F)cc(C#N)c4)CC3)n2)c(C)c1S(C)(=O)=O. The molecule has 0 radical (unpaired) electrons. The third-order valence-electron chi connectivity index (χ3n) is 6.73. The Balaban J connectivity index is 1.29. The molecular formula is C25H26FN9O3S. The second-order valence-corrected chi connectivity index (χ2v) is 11.4. The van der Waals surface area contributed by atoms with Gasteiger partial charge in [0, 0.05) is 57.3 Å². The van der Waals surface area contributed by atoms with Crippen LogP contribution in [0.1, 0.15) is 35.0 Å². The maximum atomic E-state index is 14.0. The number of aromatic nitrogens is 4. The summed E-state index contributed by atoms with van der Waals surface area (Å²) in [4.78, 5) is 26.1. The minimum Gasteiger partial charge on any atom is -0.337 e. The fourth-order valence-electron chi connectivity index (χ4n) is 4.98. The molecule has 3 aromatic rings. The van der Waals surface area contributed by atoms with Gasteiger partial charge in [-0.1, -0.05) is 0 Å². The number of piperazine rings is 1. The first-order valence-electron chi connectivity index (χ1n) is 12.2. The van der Waals surface area contributed by atoms with Gasteiger partial charge < -0.3 is 9.80 Å². The highest BCUT2D eigenvalue weighted by Crippen LogP contribution is 2.31. The summed E-state index contributed by atoms with van der Waals surface area (Å²) >= 11 is 0. The van der Waals surface area contributed by atoms with Gasteiger partial charge in [-0.25, -0.2) is 32.3 Å². The van der Waals surface area contributed by atoms with Crippen LogP contribution in [0, 0.1) is 31.0 Å². The first kappa shape index (κ1) is 26.2. The van der Waals surface area contributed by atoms with Gasteiger partial charge in [0.25, 0.3) is 0 Å². The molecule has 0 bridgehead atoms. The summed E-state index contributed by atoms with van der Waals surface area (Å²) in [6, 6.07) is 6.86. The standard InChI is InChI=1S/C25H26FN9O3S/c1-16-23(39(3,37)38)17(2)34(31-16)22-5-6-28-24(30-22)32-8-10-33(11-9-32)25(36)35-21(4-7-29-35)19-12-18(15-27)13-20(26)14-19/h5-7,12-14,21H,4,8-11H2,1-3H3. The molecule has 0 spiro atoms. The van der Waals surface area contributed by atoms with Crippen molar-refractivity contribution >= 4 is 28.0 Å². The Morgan fingerprint density at radius 1 is 1.15 bits per heavy atom. The van der Waals surface area contributed by atoms with Gasteiger partial charge in [0.15, 0.2) is 15.7 Å². The van der Waals surface area contributed by atoms with Crippen LogP contribution in [-0.2, 0) is 9.84 Å². The van der Waals surface area contributed by atoms with Crippen molar-refractivity contribution in [3.8, 4) is 11.9 Å². The van der Waals surface area contributed by atoms with Gasteiger partial charge in [0.05, 0.1) is 29.1 Å². The molecule has 4 heterocycles. The summed E-state index contributed by atoms with van der Waals surface area (Å²) in [5, 5.41) is 19.1. The van der Waals surface area contributed by atoms with Crippen molar-refractivity contribution in [2.75, 3.05) is 37.3 Å². The quantitative estimate of drug-likeness (QED) is 0.481.